The molecular formula is C25H31N3O6S3. The molecule has 0 saturated carbocycles. The van der Waals surface area contributed by atoms with Crippen LogP contribution in [0.3, 0.4) is 0 Å². The highest BCUT2D eigenvalue weighted by atomic mass is 32.3. The van der Waals surface area contributed by atoms with Crippen molar-refractivity contribution in [3.05, 3.63) is 89.5 Å². The molecule has 0 amide bonds. The van der Waals surface area contributed by atoms with E-state index in [1.807, 2.05) is 6.92 Å². The molecule has 2 N–H and O–H groups in total. The van der Waals surface area contributed by atoms with Crippen LogP contribution in [0.4, 0.5) is 0 Å². The van der Waals surface area contributed by atoms with Crippen molar-refractivity contribution >= 4 is 30.1 Å². The molecule has 3 rings (SSSR count). The van der Waals surface area contributed by atoms with E-state index < -0.39 is 43.2 Å². The van der Waals surface area contributed by atoms with Gasteiger partial charge in [-0.2, -0.15) is 4.31 Å². The van der Waals surface area contributed by atoms with Crippen molar-refractivity contribution in [2.45, 2.75) is 35.5 Å². The Kier molecular flexibility index (Phi) is 8.93. The zero-order valence-electron chi connectivity index (χ0n) is 20.9. The first-order valence-corrected chi connectivity index (χ1v) is 15.8. The van der Waals surface area contributed by atoms with Crippen molar-refractivity contribution in [2.24, 2.45) is 5.73 Å². The van der Waals surface area contributed by atoms with Gasteiger partial charge in [-0.1, -0.05) is 56.8 Å². The molecule has 9 nitrogen and oxygen atoms in total. The maximum absolute atomic E-state index is 13.6. The summed E-state index contributed by atoms with van der Waals surface area (Å²) in [5.41, 5.74) is 8.12. The van der Waals surface area contributed by atoms with Gasteiger partial charge in [0, 0.05) is 26.2 Å². The number of benzene rings is 3. The number of nitrogens with two attached hydrogens (primary N) is 1. The fourth-order valence-electron chi connectivity index (χ4n) is 3.57. The average Bonchev–Trinajstić information content (AvgIpc) is 2.84. The van der Waals surface area contributed by atoms with Crippen molar-refractivity contribution in [3.8, 4) is 0 Å². The molecule has 0 aliphatic rings. The first-order chi connectivity index (χ1) is 17.3. The minimum absolute atomic E-state index is 0.000818. The largest absolute Gasteiger partial charge is 0.329 e. The summed E-state index contributed by atoms with van der Waals surface area (Å²) in [4.78, 5) is -0.443. The third-order valence-electron chi connectivity index (χ3n) is 5.74. The highest BCUT2D eigenvalue weighted by molar-refractivity contribution is 8.04. The lowest BCUT2D eigenvalue weighted by Gasteiger charge is -2.26. The van der Waals surface area contributed by atoms with Crippen molar-refractivity contribution in [2.75, 3.05) is 26.2 Å². The van der Waals surface area contributed by atoms with Gasteiger partial charge in [0.2, 0.25) is 10.0 Å². The van der Waals surface area contributed by atoms with Crippen LogP contribution in [0.1, 0.15) is 16.7 Å². The molecule has 37 heavy (non-hydrogen) atoms. The van der Waals surface area contributed by atoms with E-state index in [-0.39, 0.29) is 27.8 Å². The Bertz CT molecular complexity index is 1460. The van der Waals surface area contributed by atoms with Gasteiger partial charge in [0.25, 0.3) is 20.0 Å². The van der Waals surface area contributed by atoms with Crippen LogP contribution in [0.5, 0.6) is 0 Å². The van der Waals surface area contributed by atoms with Crippen LogP contribution in [0, 0.1) is 20.8 Å². The molecule has 200 valence electrons. The predicted molar refractivity (Wildman–Crippen MR) is 142 cm³/mol. The maximum atomic E-state index is 13.6. The lowest BCUT2D eigenvalue weighted by Crippen LogP contribution is -2.45. The Morgan fingerprint density at radius 1 is 0.514 bits per heavy atom. The minimum Gasteiger partial charge on any atom is -0.329 e. The molecule has 0 aliphatic heterocycles. The molecule has 0 spiro atoms. The second-order valence-corrected chi connectivity index (χ2v) is 14.5. The van der Waals surface area contributed by atoms with Gasteiger partial charge >= 0.3 is 0 Å². The standard InChI is InChI=1S/C25H31N3O6S3/c1-20-4-10-23(11-5-20)35(29,30)27(17-16-26)18-19-28(36(31,32)24-12-6-21(2)7-13-24)37(33,34)25-14-8-22(3)9-15-25/h4-15H,16-19,26H2,1-3H3. The molecule has 0 radical (unpaired) electrons. The number of nitrogens with zero attached hydrogens (tertiary/aromatic N) is 2. The van der Waals surface area contributed by atoms with E-state index in [2.05, 4.69) is 0 Å². The molecule has 0 fully saturated rings. The fraction of sp³-hybridized carbons (Fsp3) is 0.280. The molecule has 0 aromatic heterocycles. The Morgan fingerprint density at radius 2 is 0.838 bits per heavy atom. The number of aryl methyl sites for hydroxylation is 3. The van der Waals surface area contributed by atoms with Crippen LogP contribution in [0.2, 0.25) is 0 Å². The molecule has 0 aliphatic carbocycles. The van der Waals surface area contributed by atoms with Crippen LogP contribution in [-0.2, 0) is 30.1 Å². The van der Waals surface area contributed by atoms with E-state index in [9.17, 15) is 25.3 Å². The van der Waals surface area contributed by atoms with E-state index in [0.717, 1.165) is 21.0 Å². The molecule has 0 bridgehead atoms. The van der Waals surface area contributed by atoms with Crippen LogP contribution >= 0.6 is 0 Å². The monoisotopic (exact) mass is 565 g/mol. The van der Waals surface area contributed by atoms with E-state index in [0.29, 0.717) is 3.71 Å². The van der Waals surface area contributed by atoms with Crippen molar-refractivity contribution in [1.82, 2.24) is 8.02 Å². The van der Waals surface area contributed by atoms with E-state index >= 15 is 0 Å². The first kappa shape index (κ1) is 29.0. The van der Waals surface area contributed by atoms with Gasteiger partial charge in [0.05, 0.1) is 14.7 Å². The summed E-state index contributed by atoms with van der Waals surface area (Å²) >= 11 is 0. The summed E-state index contributed by atoms with van der Waals surface area (Å²) < 4.78 is 82.4. The summed E-state index contributed by atoms with van der Waals surface area (Å²) in [6.45, 7) is 4.13. The second-order valence-electron chi connectivity index (χ2n) is 8.64. The molecule has 0 atom stereocenters. The Morgan fingerprint density at radius 3 is 1.16 bits per heavy atom. The smallest absolute Gasteiger partial charge is 0.256 e. The number of sulfonamides is 3. The number of hydrogen-bond acceptors (Lipinski definition) is 7. The molecule has 3 aromatic rings. The van der Waals surface area contributed by atoms with Gasteiger partial charge in [0.1, 0.15) is 0 Å². The van der Waals surface area contributed by atoms with Gasteiger partial charge < -0.3 is 5.73 Å². The van der Waals surface area contributed by atoms with Crippen molar-refractivity contribution in [1.29, 1.82) is 0 Å². The zero-order chi connectivity index (χ0) is 27.4. The summed E-state index contributed by atoms with van der Waals surface area (Å²) in [6, 6.07) is 17.7. The SMILES string of the molecule is Cc1ccc(S(=O)(=O)N(CCN)CCN(S(=O)(=O)c2ccc(C)cc2)S(=O)(=O)c2ccc(C)cc2)cc1. The normalized spacial score (nSPS) is 12.8. The summed E-state index contributed by atoms with van der Waals surface area (Å²) in [5, 5.41) is 0. The summed E-state index contributed by atoms with van der Waals surface area (Å²) in [5.74, 6) is 0. The van der Waals surface area contributed by atoms with Crippen LogP contribution in [0.25, 0.3) is 0 Å². The van der Waals surface area contributed by atoms with E-state index in [4.69, 9.17) is 5.73 Å². The lowest BCUT2D eigenvalue weighted by molar-refractivity contribution is 0.393. The Balaban J connectivity index is 2.06. The number of rotatable bonds is 11. The maximum Gasteiger partial charge on any atom is 0.256 e. The van der Waals surface area contributed by atoms with E-state index in [1.54, 1.807) is 50.2 Å². The van der Waals surface area contributed by atoms with Gasteiger partial charge in [-0.3, -0.25) is 0 Å². The molecule has 0 unspecified atom stereocenters. The van der Waals surface area contributed by atoms with Gasteiger partial charge in [-0.25, -0.2) is 25.3 Å². The fourth-order valence-corrected chi connectivity index (χ4v) is 8.64. The first-order valence-electron chi connectivity index (χ1n) is 11.5. The third kappa shape index (κ3) is 6.46. The van der Waals surface area contributed by atoms with Crippen molar-refractivity contribution < 1.29 is 25.3 Å². The molecular weight excluding hydrogens is 534 g/mol. The number of hydrogen-bond donors (Lipinski definition) is 1. The molecule has 0 heterocycles. The summed E-state index contributed by atoms with van der Waals surface area (Å²) in [6.07, 6.45) is 0. The minimum atomic E-state index is -4.57. The summed E-state index contributed by atoms with van der Waals surface area (Å²) in [7, 11) is -13.2. The average molecular weight is 566 g/mol. The van der Waals surface area contributed by atoms with E-state index in [1.165, 1.54) is 36.4 Å². The van der Waals surface area contributed by atoms with Crippen LogP contribution in [-0.4, -0.2) is 59.4 Å². The lowest BCUT2D eigenvalue weighted by atomic mass is 10.2. The topological polar surface area (TPSA) is 135 Å². The van der Waals surface area contributed by atoms with Crippen LogP contribution in [0.15, 0.2) is 87.5 Å². The molecule has 0 saturated heterocycles. The highest BCUT2D eigenvalue weighted by Crippen LogP contribution is 2.26. The Labute approximate surface area is 219 Å². The predicted octanol–water partition coefficient (Wildman–Crippen LogP) is 2.64. The zero-order valence-corrected chi connectivity index (χ0v) is 23.4. The third-order valence-corrected chi connectivity index (χ3v) is 12.0. The quantitative estimate of drug-likeness (QED) is 0.378. The Hall–Kier alpha value is -2.61. The van der Waals surface area contributed by atoms with Gasteiger partial charge in [-0.15, -0.1) is 0 Å². The second kappa shape index (κ2) is 11.4. The highest BCUT2D eigenvalue weighted by Gasteiger charge is 2.38. The van der Waals surface area contributed by atoms with Gasteiger partial charge in [0.15, 0.2) is 0 Å². The molecule has 3 aromatic carbocycles. The molecule has 12 heteroatoms. The van der Waals surface area contributed by atoms with Crippen LogP contribution < -0.4 is 5.73 Å². The van der Waals surface area contributed by atoms with Gasteiger partial charge in [-0.05, 0) is 57.2 Å². The van der Waals surface area contributed by atoms with Crippen molar-refractivity contribution in [3.63, 3.8) is 0 Å².